The lowest BCUT2D eigenvalue weighted by molar-refractivity contribution is 0.440. The van der Waals surface area contributed by atoms with Crippen LogP contribution in [0, 0.1) is 12.7 Å². The molecular weight excluding hydrogens is 227 g/mol. The summed E-state index contributed by atoms with van der Waals surface area (Å²) < 4.78 is 19.1. The minimum absolute atomic E-state index is 0.188. The molecule has 2 aromatic carbocycles. The van der Waals surface area contributed by atoms with Gasteiger partial charge in [-0.15, -0.1) is 0 Å². The summed E-state index contributed by atoms with van der Waals surface area (Å²) in [6, 6.07) is 12.0. The van der Waals surface area contributed by atoms with Gasteiger partial charge in [-0.3, -0.25) is 0 Å². The molecule has 16 heavy (non-hydrogen) atoms. The maximum absolute atomic E-state index is 13.7. The van der Waals surface area contributed by atoms with Crippen LogP contribution in [-0.2, 0) is 0 Å². The molecule has 2 rings (SSSR count). The summed E-state index contributed by atoms with van der Waals surface area (Å²) >= 11 is 5.92. The van der Waals surface area contributed by atoms with Gasteiger partial charge in [-0.1, -0.05) is 35.9 Å². The summed E-state index contributed by atoms with van der Waals surface area (Å²) in [6.45, 7) is 1.69. The molecule has 0 bridgehead atoms. The number of para-hydroxylation sites is 1. The third-order valence-electron chi connectivity index (χ3n) is 2.21. The fourth-order valence-electron chi connectivity index (χ4n) is 1.35. The second-order valence-electron chi connectivity index (χ2n) is 3.42. The van der Waals surface area contributed by atoms with Gasteiger partial charge in [0.1, 0.15) is 5.75 Å². The number of halogens is 2. The van der Waals surface area contributed by atoms with Crippen LogP contribution in [-0.4, -0.2) is 0 Å². The molecule has 0 atom stereocenters. The number of aryl methyl sites for hydroxylation is 1. The SMILES string of the molecule is Cc1cccc(Oc2ccccc2Cl)c1F. The summed E-state index contributed by atoms with van der Waals surface area (Å²) in [7, 11) is 0. The molecule has 0 amide bonds. The third-order valence-corrected chi connectivity index (χ3v) is 2.53. The molecule has 2 aromatic rings. The summed E-state index contributed by atoms with van der Waals surface area (Å²) in [4.78, 5) is 0. The molecule has 0 fully saturated rings. The van der Waals surface area contributed by atoms with Gasteiger partial charge in [0.2, 0.25) is 0 Å². The second kappa shape index (κ2) is 4.54. The maximum Gasteiger partial charge on any atom is 0.168 e. The van der Waals surface area contributed by atoms with Crippen LogP contribution in [0.3, 0.4) is 0 Å². The van der Waals surface area contributed by atoms with Gasteiger partial charge in [-0.2, -0.15) is 0 Å². The summed E-state index contributed by atoms with van der Waals surface area (Å²) in [5.41, 5.74) is 0.546. The Morgan fingerprint density at radius 2 is 1.69 bits per heavy atom. The van der Waals surface area contributed by atoms with Crippen LogP contribution < -0.4 is 4.74 Å². The third kappa shape index (κ3) is 2.17. The molecule has 0 aliphatic heterocycles. The Labute approximate surface area is 98.4 Å². The highest BCUT2D eigenvalue weighted by Crippen LogP contribution is 2.30. The highest BCUT2D eigenvalue weighted by atomic mass is 35.5. The number of benzene rings is 2. The first-order chi connectivity index (χ1) is 7.68. The van der Waals surface area contributed by atoms with E-state index in [9.17, 15) is 4.39 Å². The van der Waals surface area contributed by atoms with Crippen LogP contribution in [0.15, 0.2) is 42.5 Å². The van der Waals surface area contributed by atoms with Crippen LogP contribution in [0.4, 0.5) is 4.39 Å². The van der Waals surface area contributed by atoms with Crippen molar-refractivity contribution < 1.29 is 9.13 Å². The lowest BCUT2D eigenvalue weighted by Crippen LogP contribution is -1.91. The smallest absolute Gasteiger partial charge is 0.168 e. The van der Waals surface area contributed by atoms with Crippen molar-refractivity contribution in [2.24, 2.45) is 0 Å². The van der Waals surface area contributed by atoms with E-state index >= 15 is 0 Å². The zero-order chi connectivity index (χ0) is 11.5. The van der Waals surface area contributed by atoms with Crippen molar-refractivity contribution in [1.29, 1.82) is 0 Å². The fraction of sp³-hybridized carbons (Fsp3) is 0.0769. The summed E-state index contributed by atoms with van der Waals surface area (Å²) in [6.07, 6.45) is 0. The molecule has 0 aliphatic carbocycles. The molecule has 0 radical (unpaired) electrons. The zero-order valence-corrected chi connectivity index (χ0v) is 9.46. The molecule has 0 heterocycles. The van der Waals surface area contributed by atoms with E-state index in [1.165, 1.54) is 0 Å². The monoisotopic (exact) mass is 236 g/mol. The highest BCUT2D eigenvalue weighted by Gasteiger charge is 2.08. The molecular formula is C13H10ClFO. The van der Waals surface area contributed by atoms with Crippen molar-refractivity contribution in [3.05, 3.63) is 58.9 Å². The molecule has 0 aromatic heterocycles. The van der Waals surface area contributed by atoms with Gasteiger partial charge >= 0.3 is 0 Å². The van der Waals surface area contributed by atoms with E-state index in [-0.39, 0.29) is 11.6 Å². The predicted molar refractivity (Wildman–Crippen MR) is 62.7 cm³/mol. The maximum atomic E-state index is 13.7. The first-order valence-corrected chi connectivity index (χ1v) is 5.24. The molecule has 3 heteroatoms. The average Bonchev–Trinajstić information content (AvgIpc) is 2.28. The van der Waals surface area contributed by atoms with Gasteiger partial charge in [0.05, 0.1) is 5.02 Å². The van der Waals surface area contributed by atoms with E-state index < -0.39 is 0 Å². The van der Waals surface area contributed by atoms with E-state index in [0.717, 1.165) is 0 Å². The van der Waals surface area contributed by atoms with Crippen molar-refractivity contribution in [3.8, 4) is 11.5 Å². The topological polar surface area (TPSA) is 9.23 Å². The molecule has 0 N–H and O–H groups in total. The average molecular weight is 237 g/mol. The molecule has 0 unspecified atom stereocenters. The van der Waals surface area contributed by atoms with Crippen LogP contribution >= 0.6 is 11.6 Å². The normalized spacial score (nSPS) is 10.2. The zero-order valence-electron chi connectivity index (χ0n) is 8.71. The van der Waals surface area contributed by atoms with E-state index in [4.69, 9.17) is 16.3 Å². The van der Waals surface area contributed by atoms with E-state index in [1.807, 2.05) is 0 Å². The van der Waals surface area contributed by atoms with Crippen molar-refractivity contribution in [2.75, 3.05) is 0 Å². The minimum Gasteiger partial charge on any atom is -0.453 e. The Kier molecular flexibility index (Phi) is 3.11. The van der Waals surface area contributed by atoms with Crippen LogP contribution in [0.25, 0.3) is 0 Å². The Balaban J connectivity index is 2.35. The first-order valence-electron chi connectivity index (χ1n) is 4.86. The van der Waals surface area contributed by atoms with Crippen LogP contribution in [0.1, 0.15) is 5.56 Å². The van der Waals surface area contributed by atoms with Crippen molar-refractivity contribution >= 4 is 11.6 Å². The quantitative estimate of drug-likeness (QED) is 0.742. The number of rotatable bonds is 2. The lowest BCUT2D eigenvalue weighted by atomic mass is 10.2. The Bertz CT molecular complexity index is 511. The van der Waals surface area contributed by atoms with Gasteiger partial charge in [0.25, 0.3) is 0 Å². The van der Waals surface area contributed by atoms with Crippen LogP contribution in [0.2, 0.25) is 5.02 Å². The van der Waals surface area contributed by atoms with Crippen LogP contribution in [0.5, 0.6) is 11.5 Å². The number of hydrogen-bond donors (Lipinski definition) is 0. The largest absolute Gasteiger partial charge is 0.453 e. The van der Waals surface area contributed by atoms with Gasteiger partial charge < -0.3 is 4.74 Å². The van der Waals surface area contributed by atoms with Gasteiger partial charge in [-0.25, -0.2) is 4.39 Å². The Hall–Kier alpha value is -1.54. The van der Waals surface area contributed by atoms with Crippen molar-refractivity contribution in [3.63, 3.8) is 0 Å². The number of hydrogen-bond acceptors (Lipinski definition) is 1. The van der Waals surface area contributed by atoms with Crippen molar-refractivity contribution in [2.45, 2.75) is 6.92 Å². The molecule has 0 saturated heterocycles. The van der Waals surface area contributed by atoms with Crippen molar-refractivity contribution in [1.82, 2.24) is 0 Å². The molecule has 82 valence electrons. The fourth-order valence-corrected chi connectivity index (χ4v) is 1.52. The van der Waals surface area contributed by atoms with E-state index in [2.05, 4.69) is 0 Å². The lowest BCUT2D eigenvalue weighted by Gasteiger charge is -2.09. The predicted octanol–water partition coefficient (Wildman–Crippen LogP) is 4.58. The standard InChI is InChI=1S/C13H10ClFO/c1-9-5-4-8-12(13(9)15)16-11-7-3-2-6-10(11)14/h2-8H,1H3. The molecule has 0 aliphatic rings. The summed E-state index contributed by atoms with van der Waals surface area (Å²) in [5.74, 6) is 0.282. The second-order valence-corrected chi connectivity index (χ2v) is 3.83. The Morgan fingerprint density at radius 1 is 1.00 bits per heavy atom. The number of ether oxygens (including phenoxy) is 1. The molecule has 1 nitrogen and oxygen atoms in total. The van der Waals surface area contributed by atoms with Gasteiger partial charge in [0.15, 0.2) is 11.6 Å². The Morgan fingerprint density at radius 3 is 2.44 bits per heavy atom. The summed E-state index contributed by atoms with van der Waals surface area (Å²) in [5, 5.41) is 0.461. The van der Waals surface area contributed by atoms with E-state index in [0.29, 0.717) is 16.3 Å². The van der Waals surface area contributed by atoms with Gasteiger partial charge in [-0.05, 0) is 30.7 Å². The highest BCUT2D eigenvalue weighted by molar-refractivity contribution is 6.32. The molecule has 0 saturated carbocycles. The first kappa shape index (κ1) is 11.0. The van der Waals surface area contributed by atoms with E-state index in [1.54, 1.807) is 49.4 Å². The molecule has 0 spiro atoms. The van der Waals surface area contributed by atoms with Gasteiger partial charge in [0, 0.05) is 0 Å². The minimum atomic E-state index is -0.359.